The molecule has 3 N–H and O–H groups in total. The van der Waals surface area contributed by atoms with Crippen molar-refractivity contribution in [3.05, 3.63) is 0 Å². The fourth-order valence-electron chi connectivity index (χ4n) is 2.54. The second-order valence-corrected chi connectivity index (χ2v) is 5.52. The SMILES string of the molecule is COC(CN)CC(=O)NCCCN1CC(C)OC(C)C1.Cl.Cl. The van der Waals surface area contributed by atoms with Crippen LogP contribution in [-0.2, 0) is 14.3 Å². The van der Waals surface area contributed by atoms with Crippen molar-refractivity contribution in [1.29, 1.82) is 0 Å². The van der Waals surface area contributed by atoms with E-state index >= 15 is 0 Å². The highest BCUT2D eigenvalue weighted by Crippen LogP contribution is 2.10. The number of nitrogens with two attached hydrogens (primary N) is 1. The van der Waals surface area contributed by atoms with Crippen LogP contribution in [0, 0.1) is 0 Å². The smallest absolute Gasteiger partial charge is 0.222 e. The number of carbonyl (C=O) groups is 1. The van der Waals surface area contributed by atoms with Gasteiger partial charge < -0.3 is 20.5 Å². The minimum Gasteiger partial charge on any atom is -0.380 e. The molecule has 0 aliphatic carbocycles. The molecule has 1 amide bonds. The van der Waals surface area contributed by atoms with Crippen LogP contribution in [-0.4, -0.2) is 69.0 Å². The Balaban J connectivity index is 0. The van der Waals surface area contributed by atoms with Gasteiger partial charge in [-0.2, -0.15) is 0 Å². The lowest BCUT2D eigenvalue weighted by Gasteiger charge is -2.35. The summed E-state index contributed by atoms with van der Waals surface area (Å²) < 4.78 is 10.8. The monoisotopic (exact) mass is 359 g/mol. The molecule has 8 heteroatoms. The summed E-state index contributed by atoms with van der Waals surface area (Å²) in [5.41, 5.74) is 5.49. The van der Waals surface area contributed by atoms with Crippen LogP contribution in [0.1, 0.15) is 26.7 Å². The van der Waals surface area contributed by atoms with Gasteiger partial charge >= 0.3 is 0 Å². The van der Waals surface area contributed by atoms with Gasteiger partial charge in [0.2, 0.25) is 5.91 Å². The topological polar surface area (TPSA) is 76.8 Å². The van der Waals surface area contributed by atoms with Gasteiger partial charge in [-0.25, -0.2) is 0 Å². The molecule has 0 bridgehead atoms. The molecule has 0 aromatic carbocycles. The first-order valence-electron chi connectivity index (χ1n) is 7.42. The number of carbonyl (C=O) groups excluding carboxylic acids is 1. The summed E-state index contributed by atoms with van der Waals surface area (Å²) in [5.74, 6) is 0.00557. The molecule has 6 nitrogen and oxygen atoms in total. The Kier molecular flexibility index (Phi) is 14.6. The van der Waals surface area contributed by atoms with Crippen LogP contribution < -0.4 is 11.1 Å². The number of rotatable bonds is 8. The normalized spacial score (nSPS) is 23.1. The molecular weight excluding hydrogens is 329 g/mol. The molecule has 1 heterocycles. The van der Waals surface area contributed by atoms with Gasteiger partial charge in [-0.15, -0.1) is 24.8 Å². The number of morpholine rings is 1. The van der Waals surface area contributed by atoms with Crippen LogP contribution in [0.15, 0.2) is 0 Å². The zero-order chi connectivity index (χ0) is 15.0. The minimum absolute atomic E-state index is 0. The second-order valence-electron chi connectivity index (χ2n) is 5.52. The van der Waals surface area contributed by atoms with Crippen LogP contribution in [0.5, 0.6) is 0 Å². The Morgan fingerprint density at radius 1 is 1.36 bits per heavy atom. The van der Waals surface area contributed by atoms with E-state index < -0.39 is 0 Å². The molecule has 0 aromatic rings. The largest absolute Gasteiger partial charge is 0.380 e. The van der Waals surface area contributed by atoms with Gasteiger partial charge in [0.15, 0.2) is 0 Å². The maximum absolute atomic E-state index is 11.6. The average Bonchev–Trinajstić information content (AvgIpc) is 2.40. The molecule has 3 unspecified atom stereocenters. The van der Waals surface area contributed by atoms with Gasteiger partial charge in [-0.1, -0.05) is 0 Å². The van der Waals surface area contributed by atoms with E-state index in [4.69, 9.17) is 15.2 Å². The molecule has 0 saturated carbocycles. The van der Waals surface area contributed by atoms with E-state index in [-0.39, 0.29) is 36.8 Å². The molecule has 1 rings (SSSR count). The van der Waals surface area contributed by atoms with Gasteiger partial charge in [-0.05, 0) is 20.3 Å². The number of methoxy groups -OCH3 is 1. The first-order chi connectivity index (χ1) is 9.55. The fraction of sp³-hybridized carbons (Fsp3) is 0.929. The van der Waals surface area contributed by atoms with Crippen molar-refractivity contribution in [2.75, 3.05) is 39.8 Å². The molecule has 1 saturated heterocycles. The summed E-state index contributed by atoms with van der Waals surface area (Å²) in [5, 5.41) is 2.91. The van der Waals surface area contributed by atoms with Crippen LogP contribution in [0.25, 0.3) is 0 Å². The second kappa shape index (κ2) is 13.3. The maximum atomic E-state index is 11.6. The van der Waals surface area contributed by atoms with E-state index in [1.54, 1.807) is 7.11 Å². The molecule has 0 aromatic heterocycles. The number of hydrogen-bond donors (Lipinski definition) is 2. The number of nitrogens with one attached hydrogen (secondary N) is 1. The number of nitrogens with zero attached hydrogens (tertiary/aromatic N) is 1. The summed E-state index contributed by atoms with van der Waals surface area (Å²) in [7, 11) is 1.57. The Morgan fingerprint density at radius 2 is 1.95 bits per heavy atom. The van der Waals surface area contributed by atoms with Crippen LogP contribution in [0.4, 0.5) is 0 Å². The molecule has 0 spiro atoms. The maximum Gasteiger partial charge on any atom is 0.222 e. The predicted octanol–water partition coefficient (Wildman–Crippen LogP) is 0.809. The number of hydrogen-bond acceptors (Lipinski definition) is 5. The quantitative estimate of drug-likeness (QED) is 0.627. The van der Waals surface area contributed by atoms with Gasteiger partial charge in [0.25, 0.3) is 0 Å². The molecule has 3 atom stereocenters. The Bertz CT molecular complexity index is 285. The lowest BCUT2D eigenvalue weighted by atomic mass is 10.2. The van der Waals surface area contributed by atoms with E-state index in [1.807, 2.05) is 0 Å². The van der Waals surface area contributed by atoms with E-state index in [9.17, 15) is 4.79 Å². The van der Waals surface area contributed by atoms with Crippen molar-refractivity contribution in [2.45, 2.75) is 45.0 Å². The lowest BCUT2D eigenvalue weighted by molar-refractivity contribution is -0.123. The molecule has 134 valence electrons. The molecule has 0 radical (unpaired) electrons. The Labute approximate surface area is 146 Å². The molecule has 22 heavy (non-hydrogen) atoms. The summed E-state index contributed by atoms with van der Waals surface area (Å²) in [6.07, 6.45) is 1.68. The third-order valence-corrected chi connectivity index (χ3v) is 3.48. The molecular formula is C14H31Cl2N3O3. The van der Waals surface area contributed by atoms with Crippen molar-refractivity contribution in [1.82, 2.24) is 10.2 Å². The number of amides is 1. The predicted molar refractivity (Wildman–Crippen MR) is 93.0 cm³/mol. The van der Waals surface area contributed by atoms with Crippen molar-refractivity contribution < 1.29 is 14.3 Å². The first kappa shape index (κ1) is 24.1. The lowest BCUT2D eigenvalue weighted by Crippen LogP contribution is -2.46. The van der Waals surface area contributed by atoms with E-state index in [1.165, 1.54) is 0 Å². The van der Waals surface area contributed by atoms with Crippen LogP contribution in [0.2, 0.25) is 0 Å². The zero-order valence-corrected chi connectivity index (χ0v) is 15.4. The third-order valence-electron chi connectivity index (χ3n) is 3.48. The van der Waals surface area contributed by atoms with E-state index in [0.717, 1.165) is 26.1 Å². The third kappa shape index (κ3) is 9.82. The van der Waals surface area contributed by atoms with Gasteiger partial charge in [-0.3, -0.25) is 9.69 Å². The summed E-state index contributed by atoms with van der Waals surface area (Å²) in [6, 6.07) is 0. The molecule has 1 fully saturated rings. The standard InChI is InChI=1S/C14H29N3O3.2ClH/c1-11-9-17(10-12(2)20-11)6-4-5-16-14(18)7-13(8-15)19-3;;/h11-13H,4-10,15H2,1-3H3,(H,16,18);2*1H. The highest BCUT2D eigenvalue weighted by Gasteiger charge is 2.21. The Morgan fingerprint density at radius 3 is 2.45 bits per heavy atom. The van der Waals surface area contributed by atoms with Gasteiger partial charge in [0.05, 0.1) is 24.7 Å². The first-order valence-corrected chi connectivity index (χ1v) is 7.42. The van der Waals surface area contributed by atoms with Crippen LogP contribution >= 0.6 is 24.8 Å². The molecule has 1 aliphatic rings. The van der Waals surface area contributed by atoms with Gasteiger partial charge in [0, 0.05) is 39.8 Å². The number of ether oxygens (including phenoxy) is 2. The van der Waals surface area contributed by atoms with Crippen molar-refractivity contribution in [2.24, 2.45) is 5.73 Å². The highest BCUT2D eigenvalue weighted by molar-refractivity contribution is 5.85. The summed E-state index contributed by atoms with van der Waals surface area (Å²) in [6.45, 7) is 8.19. The van der Waals surface area contributed by atoms with Crippen molar-refractivity contribution >= 4 is 30.7 Å². The van der Waals surface area contributed by atoms with E-state index in [2.05, 4.69) is 24.1 Å². The summed E-state index contributed by atoms with van der Waals surface area (Å²) in [4.78, 5) is 14.0. The Hall–Kier alpha value is -0.110. The fourth-order valence-corrected chi connectivity index (χ4v) is 2.54. The summed E-state index contributed by atoms with van der Waals surface area (Å²) >= 11 is 0. The van der Waals surface area contributed by atoms with E-state index in [0.29, 0.717) is 31.7 Å². The number of halogens is 2. The molecule has 1 aliphatic heterocycles. The minimum atomic E-state index is -0.184. The van der Waals surface area contributed by atoms with Gasteiger partial charge in [0.1, 0.15) is 0 Å². The average molecular weight is 360 g/mol. The van der Waals surface area contributed by atoms with Crippen molar-refractivity contribution in [3.63, 3.8) is 0 Å². The van der Waals surface area contributed by atoms with Crippen LogP contribution in [0.3, 0.4) is 0 Å². The zero-order valence-electron chi connectivity index (χ0n) is 13.7. The van der Waals surface area contributed by atoms with Crippen molar-refractivity contribution in [3.8, 4) is 0 Å². The highest BCUT2D eigenvalue weighted by atomic mass is 35.5.